The Hall–Kier alpha value is -2.93. The Bertz CT molecular complexity index is 1160. The number of nitrogens with one attached hydrogen (secondary N) is 1. The van der Waals surface area contributed by atoms with Gasteiger partial charge in [-0.1, -0.05) is 44.0 Å². The summed E-state index contributed by atoms with van der Waals surface area (Å²) >= 11 is 0. The number of benzene rings is 2. The van der Waals surface area contributed by atoms with Gasteiger partial charge < -0.3 is 15.0 Å². The van der Waals surface area contributed by atoms with Gasteiger partial charge in [0.25, 0.3) is 5.91 Å². The number of terminal acetylenes is 1. The van der Waals surface area contributed by atoms with Crippen LogP contribution in [0.5, 0.6) is 5.75 Å². The molecule has 1 amide bonds. The second-order valence-corrected chi connectivity index (χ2v) is 12.2. The molecule has 1 N–H and O–H groups in total. The van der Waals surface area contributed by atoms with Crippen LogP contribution in [0.4, 0.5) is 5.69 Å². The Morgan fingerprint density at radius 2 is 1.76 bits per heavy atom. The molecule has 5 aliphatic rings. The monoisotopic (exact) mass is 496 g/mol. The third-order valence-corrected chi connectivity index (χ3v) is 9.70. The Morgan fingerprint density at radius 3 is 2.35 bits per heavy atom. The van der Waals surface area contributed by atoms with Gasteiger partial charge in [0.1, 0.15) is 5.75 Å². The molecule has 1 unspecified atom stereocenters. The summed E-state index contributed by atoms with van der Waals surface area (Å²) in [6.45, 7) is 2.19. The van der Waals surface area contributed by atoms with Crippen molar-refractivity contribution in [3.8, 4) is 18.1 Å². The predicted octanol–water partition coefficient (Wildman–Crippen LogP) is 6.74. The Kier molecular flexibility index (Phi) is 6.43. The number of fused-ring (bicyclic) bond motifs is 1. The van der Waals surface area contributed by atoms with Crippen molar-refractivity contribution < 1.29 is 9.53 Å². The van der Waals surface area contributed by atoms with Gasteiger partial charge in [-0.3, -0.25) is 4.79 Å². The molecule has 1 aliphatic heterocycles. The van der Waals surface area contributed by atoms with E-state index in [4.69, 9.17) is 11.2 Å². The van der Waals surface area contributed by atoms with Crippen LogP contribution in [-0.4, -0.2) is 29.5 Å². The van der Waals surface area contributed by atoms with Crippen LogP contribution in [0.2, 0.25) is 0 Å². The minimum atomic E-state index is -0.251. The van der Waals surface area contributed by atoms with Crippen LogP contribution < -0.4 is 10.1 Å². The summed E-state index contributed by atoms with van der Waals surface area (Å²) in [6.07, 6.45) is 17.9. The van der Waals surface area contributed by atoms with Crippen molar-refractivity contribution in [2.75, 3.05) is 12.4 Å². The maximum atomic E-state index is 13.3. The lowest BCUT2D eigenvalue weighted by molar-refractivity contribution is -0.130. The Balaban J connectivity index is 1.34. The van der Waals surface area contributed by atoms with Crippen molar-refractivity contribution in [1.82, 2.24) is 4.90 Å². The molecule has 4 heteroatoms. The first-order valence-electron chi connectivity index (χ1n) is 14.3. The normalized spacial score (nSPS) is 31.5. The summed E-state index contributed by atoms with van der Waals surface area (Å²) in [5.41, 5.74) is 4.88. The second kappa shape index (κ2) is 9.75. The van der Waals surface area contributed by atoms with Crippen molar-refractivity contribution in [2.45, 2.75) is 88.8 Å². The predicted molar refractivity (Wildman–Crippen MR) is 149 cm³/mol. The molecule has 4 fully saturated rings. The smallest absolute Gasteiger partial charge is 0.299 e. The van der Waals surface area contributed by atoms with E-state index in [1.54, 1.807) is 7.11 Å². The Morgan fingerprint density at radius 1 is 1.08 bits per heavy atom. The van der Waals surface area contributed by atoms with Gasteiger partial charge in [-0.05, 0) is 104 Å². The van der Waals surface area contributed by atoms with Gasteiger partial charge in [0.15, 0.2) is 0 Å². The van der Waals surface area contributed by atoms with Crippen LogP contribution in [0.25, 0.3) is 0 Å². The molecule has 0 saturated heterocycles. The van der Waals surface area contributed by atoms with Crippen molar-refractivity contribution in [3.05, 3.63) is 59.2 Å². The number of carbonyl (C=O) groups excluding carboxylic acids is 1. The van der Waals surface area contributed by atoms with E-state index in [0.717, 1.165) is 60.3 Å². The van der Waals surface area contributed by atoms with Gasteiger partial charge in [-0.15, -0.1) is 6.42 Å². The zero-order valence-electron chi connectivity index (χ0n) is 22.3. The van der Waals surface area contributed by atoms with E-state index in [2.05, 4.69) is 54.6 Å². The lowest BCUT2D eigenvalue weighted by Crippen LogP contribution is -2.54. The first-order chi connectivity index (χ1) is 18.0. The zero-order valence-corrected chi connectivity index (χ0v) is 22.3. The molecule has 194 valence electrons. The number of methoxy groups -OCH3 is 1. The molecule has 0 spiro atoms. The summed E-state index contributed by atoms with van der Waals surface area (Å²) in [4.78, 5) is 15.2. The molecule has 0 aromatic heterocycles. The second-order valence-electron chi connectivity index (χ2n) is 12.2. The van der Waals surface area contributed by atoms with Crippen LogP contribution in [0.15, 0.2) is 42.5 Å². The molecule has 4 saturated carbocycles. The van der Waals surface area contributed by atoms with E-state index < -0.39 is 0 Å². The van der Waals surface area contributed by atoms with Gasteiger partial charge in [0.05, 0.1) is 13.2 Å². The first kappa shape index (κ1) is 24.4. The standard InChI is InChI=1S/C33H40N2O2/c1-4-6-9-28-18-26-8-7-10-29(37-3)31(26)32(35(28)30(36)5-2)25-11-13-27(14-12-25)34-33-19-22-15-23(20-33)17-24(16-22)21-33/h2,7-8,10-14,22-24,28,32,34H,4,6,9,15-21H2,1,3H3/t22?,23?,24?,28-,32?,33?/m0/s1. The van der Waals surface area contributed by atoms with E-state index in [1.807, 2.05) is 11.0 Å². The molecular weight excluding hydrogens is 456 g/mol. The lowest BCUT2D eigenvalue weighted by atomic mass is 9.53. The number of hydrogen-bond donors (Lipinski definition) is 1. The van der Waals surface area contributed by atoms with Crippen molar-refractivity contribution in [2.24, 2.45) is 17.8 Å². The highest BCUT2D eigenvalue weighted by molar-refractivity contribution is 5.94. The number of carbonyl (C=O) groups is 1. The number of amides is 1. The van der Waals surface area contributed by atoms with Crippen LogP contribution in [0.1, 0.15) is 87.4 Å². The number of anilines is 1. The molecule has 4 aliphatic carbocycles. The van der Waals surface area contributed by atoms with Crippen LogP contribution >= 0.6 is 0 Å². The highest BCUT2D eigenvalue weighted by atomic mass is 16.5. The van der Waals surface area contributed by atoms with E-state index in [-0.39, 0.29) is 23.5 Å². The van der Waals surface area contributed by atoms with Crippen LogP contribution in [0.3, 0.4) is 0 Å². The molecule has 2 atom stereocenters. The fraction of sp³-hybridized carbons (Fsp3) is 0.545. The van der Waals surface area contributed by atoms with E-state index in [9.17, 15) is 4.79 Å². The summed E-state index contributed by atoms with van der Waals surface area (Å²) in [5.74, 6) is 5.75. The number of ether oxygens (including phenoxy) is 1. The number of hydrogen-bond acceptors (Lipinski definition) is 3. The maximum Gasteiger partial charge on any atom is 0.299 e. The molecule has 2 aromatic rings. The molecule has 4 bridgehead atoms. The molecule has 1 heterocycles. The average Bonchev–Trinajstić information content (AvgIpc) is 2.89. The number of unbranched alkanes of at least 4 members (excludes halogenated alkanes) is 1. The third kappa shape index (κ3) is 4.41. The highest BCUT2D eigenvalue weighted by Crippen LogP contribution is 2.56. The summed E-state index contributed by atoms with van der Waals surface area (Å²) in [5, 5.41) is 4.00. The largest absolute Gasteiger partial charge is 0.496 e. The Labute approximate surface area is 222 Å². The number of nitrogens with zero attached hydrogens (tertiary/aromatic N) is 1. The zero-order chi connectivity index (χ0) is 25.6. The van der Waals surface area contributed by atoms with Gasteiger partial charge in [0, 0.05) is 22.8 Å². The third-order valence-electron chi connectivity index (χ3n) is 9.70. The summed E-state index contributed by atoms with van der Waals surface area (Å²) < 4.78 is 5.82. The maximum absolute atomic E-state index is 13.3. The lowest BCUT2D eigenvalue weighted by Gasteiger charge is -2.57. The average molecular weight is 497 g/mol. The quantitative estimate of drug-likeness (QED) is 0.432. The first-order valence-corrected chi connectivity index (χ1v) is 14.3. The topological polar surface area (TPSA) is 41.6 Å². The highest BCUT2D eigenvalue weighted by Gasteiger charge is 2.51. The van der Waals surface area contributed by atoms with Crippen molar-refractivity contribution >= 4 is 11.6 Å². The van der Waals surface area contributed by atoms with Gasteiger partial charge in [-0.2, -0.15) is 0 Å². The molecule has 7 rings (SSSR count). The van der Waals surface area contributed by atoms with E-state index >= 15 is 0 Å². The molecular formula is C33H40N2O2. The molecule has 37 heavy (non-hydrogen) atoms. The molecule has 0 radical (unpaired) electrons. The fourth-order valence-electron chi connectivity index (χ4n) is 8.64. The van der Waals surface area contributed by atoms with Crippen LogP contribution in [-0.2, 0) is 11.2 Å². The van der Waals surface area contributed by atoms with Crippen LogP contribution in [0, 0.1) is 30.1 Å². The number of rotatable bonds is 7. The van der Waals surface area contributed by atoms with E-state index in [1.165, 1.54) is 49.8 Å². The minimum Gasteiger partial charge on any atom is -0.496 e. The molecule has 2 aromatic carbocycles. The summed E-state index contributed by atoms with van der Waals surface area (Å²) in [6, 6.07) is 14.9. The van der Waals surface area contributed by atoms with Crippen molar-refractivity contribution in [1.29, 1.82) is 0 Å². The van der Waals surface area contributed by atoms with Gasteiger partial charge in [0.2, 0.25) is 0 Å². The molecule has 4 nitrogen and oxygen atoms in total. The van der Waals surface area contributed by atoms with E-state index in [0.29, 0.717) is 0 Å². The summed E-state index contributed by atoms with van der Waals surface area (Å²) in [7, 11) is 1.71. The minimum absolute atomic E-state index is 0.0814. The SMILES string of the molecule is C#CC(=O)N1C(c2ccc(NC34CC5CC(CC(C5)C3)C4)cc2)c2c(cccc2OC)C[C@@H]1CCCC. The van der Waals surface area contributed by atoms with Gasteiger partial charge >= 0.3 is 0 Å². The van der Waals surface area contributed by atoms with Gasteiger partial charge in [-0.25, -0.2) is 0 Å². The fourth-order valence-corrected chi connectivity index (χ4v) is 8.64. The van der Waals surface area contributed by atoms with Crippen molar-refractivity contribution in [3.63, 3.8) is 0 Å².